The number of thiophene rings is 2. The Balaban J connectivity index is 1.34. The first-order valence-electron chi connectivity index (χ1n) is 15.2. The molecule has 9 aromatic rings. The van der Waals surface area contributed by atoms with E-state index >= 15 is 0 Å². The number of fused-ring (bicyclic) bond motifs is 6. The van der Waals surface area contributed by atoms with Gasteiger partial charge in [-0.25, -0.2) is 0 Å². The molecule has 0 radical (unpaired) electrons. The van der Waals surface area contributed by atoms with Gasteiger partial charge in [0.1, 0.15) is 0 Å². The molecule has 9 rings (SSSR count). The molecule has 1 nitrogen and oxygen atoms in total. The quantitative estimate of drug-likeness (QED) is 0.188. The number of hydrogen-bond acceptors (Lipinski definition) is 3. The van der Waals surface area contributed by atoms with E-state index < -0.39 is 0 Å². The van der Waals surface area contributed by atoms with E-state index in [1.165, 1.54) is 68.3 Å². The van der Waals surface area contributed by atoms with Crippen molar-refractivity contribution in [1.82, 2.24) is 0 Å². The van der Waals surface area contributed by atoms with Gasteiger partial charge in [0.05, 0.1) is 5.69 Å². The van der Waals surface area contributed by atoms with Crippen molar-refractivity contribution in [2.45, 2.75) is 0 Å². The van der Waals surface area contributed by atoms with Crippen molar-refractivity contribution in [2.75, 3.05) is 4.90 Å². The maximum atomic E-state index is 2.46. The first-order valence-corrected chi connectivity index (χ1v) is 16.8. The van der Waals surface area contributed by atoms with Gasteiger partial charge in [-0.05, 0) is 64.7 Å². The van der Waals surface area contributed by atoms with Crippen molar-refractivity contribution in [1.29, 1.82) is 0 Å². The Bertz CT molecular complexity index is 2490. The Kier molecular flexibility index (Phi) is 6.26. The average Bonchev–Trinajstić information content (AvgIpc) is 3.68. The molecule has 45 heavy (non-hydrogen) atoms. The maximum absolute atomic E-state index is 2.46. The van der Waals surface area contributed by atoms with Crippen molar-refractivity contribution >= 4 is 80.1 Å². The topological polar surface area (TPSA) is 3.24 Å². The molecular weight excluding hydrogens is 583 g/mol. The summed E-state index contributed by atoms with van der Waals surface area (Å²) >= 11 is 3.75. The van der Waals surface area contributed by atoms with Crippen molar-refractivity contribution in [2.24, 2.45) is 0 Å². The van der Waals surface area contributed by atoms with Crippen molar-refractivity contribution in [3.63, 3.8) is 0 Å². The van der Waals surface area contributed by atoms with E-state index in [4.69, 9.17) is 0 Å². The van der Waals surface area contributed by atoms with E-state index in [0.717, 1.165) is 11.4 Å². The van der Waals surface area contributed by atoms with Gasteiger partial charge < -0.3 is 4.90 Å². The highest BCUT2D eigenvalue weighted by molar-refractivity contribution is 7.26. The van der Waals surface area contributed by atoms with Crippen LogP contribution in [-0.2, 0) is 0 Å². The van der Waals surface area contributed by atoms with Gasteiger partial charge >= 0.3 is 0 Å². The highest BCUT2D eigenvalue weighted by Crippen LogP contribution is 2.49. The summed E-state index contributed by atoms with van der Waals surface area (Å²) in [6.45, 7) is 0. The SMILES string of the molecule is c1ccc(-c2cccc(N(c3ccc4c(c3)sc3ccccc34)c3ccc(-c4ccccc4)c4sc5ccccc5c34)c2)cc1. The summed E-state index contributed by atoms with van der Waals surface area (Å²) in [7, 11) is 0. The standard InChI is InChI=1S/C42H27NS2/c1-3-12-28(13-4-1)30-16-11-17-31(26-30)43(32-22-23-35-34-18-7-9-20-38(34)44-40(35)27-32)37-25-24-33(29-14-5-2-6-15-29)42-41(37)36-19-8-10-21-39(36)45-42/h1-27H. The van der Waals surface area contributed by atoms with Crippen LogP contribution in [0.1, 0.15) is 0 Å². The van der Waals surface area contributed by atoms with E-state index in [2.05, 4.69) is 169 Å². The van der Waals surface area contributed by atoms with Crippen LogP contribution in [0.15, 0.2) is 164 Å². The third-order valence-corrected chi connectivity index (χ3v) is 11.0. The van der Waals surface area contributed by atoms with Crippen LogP contribution in [-0.4, -0.2) is 0 Å². The molecular formula is C42H27NS2. The highest BCUT2D eigenvalue weighted by atomic mass is 32.1. The minimum atomic E-state index is 1.14. The predicted molar refractivity (Wildman–Crippen MR) is 198 cm³/mol. The zero-order valence-electron chi connectivity index (χ0n) is 24.4. The molecule has 0 saturated heterocycles. The number of anilines is 3. The van der Waals surface area contributed by atoms with E-state index in [1.54, 1.807) is 0 Å². The monoisotopic (exact) mass is 609 g/mol. The van der Waals surface area contributed by atoms with Gasteiger partial charge in [-0.3, -0.25) is 0 Å². The second kappa shape index (κ2) is 10.7. The molecule has 0 aliphatic heterocycles. The minimum Gasteiger partial charge on any atom is -0.310 e. The summed E-state index contributed by atoms with van der Waals surface area (Å²) in [4.78, 5) is 2.46. The molecule has 0 unspecified atom stereocenters. The summed E-state index contributed by atoms with van der Waals surface area (Å²) in [6, 6.07) is 59.6. The van der Waals surface area contributed by atoms with Gasteiger partial charge in [0.2, 0.25) is 0 Å². The molecule has 3 heteroatoms. The minimum absolute atomic E-state index is 1.14. The Morgan fingerprint density at radius 1 is 0.378 bits per heavy atom. The fraction of sp³-hybridized carbons (Fsp3) is 0. The molecule has 0 amide bonds. The highest BCUT2D eigenvalue weighted by Gasteiger charge is 2.22. The fourth-order valence-electron chi connectivity index (χ4n) is 6.58. The number of hydrogen-bond donors (Lipinski definition) is 0. The molecule has 0 bridgehead atoms. The lowest BCUT2D eigenvalue weighted by atomic mass is 9.99. The lowest BCUT2D eigenvalue weighted by Gasteiger charge is -2.27. The molecule has 0 saturated carbocycles. The second-order valence-electron chi connectivity index (χ2n) is 11.3. The van der Waals surface area contributed by atoms with Crippen LogP contribution >= 0.6 is 22.7 Å². The van der Waals surface area contributed by atoms with Crippen molar-refractivity contribution in [3.8, 4) is 22.3 Å². The number of benzene rings is 7. The Labute approximate surface area is 269 Å². The van der Waals surface area contributed by atoms with Gasteiger partial charge in [-0.2, -0.15) is 0 Å². The summed E-state index contributed by atoms with van der Waals surface area (Å²) in [5, 5.41) is 5.21. The molecule has 212 valence electrons. The molecule has 7 aromatic carbocycles. The van der Waals surface area contributed by atoms with Crippen LogP contribution in [0, 0.1) is 0 Å². The van der Waals surface area contributed by atoms with E-state index in [9.17, 15) is 0 Å². The lowest BCUT2D eigenvalue weighted by molar-refractivity contribution is 1.31. The first kappa shape index (κ1) is 26.2. The Hall–Kier alpha value is -5.22. The molecule has 0 atom stereocenters. The van der Waals surface area contributed by atoms with Crippen LogP contribution in [0.5, 0.6) is 0 Å². The zero-order chi connectivity index (χ0) is 29.7. The fourth-order valence-corrected chi connectivity index (χ4v) is 8.98. The van der Waals surface area contributed by atoms with Gasteiger partial charge in [-0.15, -0.1) is 22.7 Å². The Morgan fingerprint density at radius 2 is 1.00 bits per heavy atom. The normalized spacial score (nSPS) is 11.6. The Morgan fingerprint density at radius 3 is 1.80 bits per heavy atom. The van der Waals surface area contributed by atoms with Gasteiger partial charge in [-0.1, -0.05) is 121 Å². The van der Waals surface area contributed by atoms with Crippen LogP contribution in [0.3, 0.4) is 0 Å². The summed E-state index contributed by atoms with van der Waals surface area (Å²) in [6.07, 6.45) is 0. The molecule has 0 spiro atoms. The van der Waals surface area contributed by atoms with E-state index in [1.807, 2.05) is 22.7 Å². The van der Waals surface area contributed by atoms with Gasteiger partial charge in [0.25, 0.3) is 0 Å². The smallest absolute Gasteiger partial charge is 0.0555 e. The number of nitrogens with zero attached hydrogens (tertiary/aromatic N) is 1. The summed E-state index contributed by atoms with van der Waals surface area (Å²) in [5.41, 5.74) is 8.41. The van der Waals surface area contributed by atoms with E-state index in [0.29, 0.717) is 0 Å². The van der Waals surface area contributed by atoms with Crippen molar-refractivity contribution < 1.29 is 0 Å². The van der Waals surface area contributed by atoms with Gasteiger partial charge in [0.15, 0.2) is 0 Å². The predicted octanol–water partition coefficient (Wildman–Crippen LogP) is 13.2. The summed E-state index contributed by atoms with van der Waals surface area (Å²) in [5.74, 6) is 0. The van der Waals surface area contributed by atoms with Gasteiger partial charge in [0, 0.05) is 51.7 Å². The molecule has 0 fully saturated rings. The first-order chi connectivity index (χ1) is 22.3. The zero-order valence-corrected chi connectivity index (χ0v) is 26.0. The van der Waals surface area contributed by atoms with Crippen LogP contribution in [0.25, 0.3) is 62.6 Å². The molecule has 0 aliphatic carbocycles. The second-order valence-corrected chi connectivity index (χ2v) is 13.5. The lowest BCUT2D eigenvalue weighted by Crippen LogP contribution is -2.10. The largest absolute Gasteiger partial charge is 0.310 e. The molecule has 0 N–H and O–H groups in total. The van der Waals surface area contributed by atoms with Crippen LogP contribution < -0.4 is 4.90 Å². The van der Waals surface area contributed by atoms with Crippen LogP contribution in [0.2, 0.25) is 0 Å². The van der Waals surface area contributed by atoms with Crippen molar-refractivity contribution in [3.05, 3.63) is 164 Å². The third kappa shape index (κ3) is 4.43. The molecule has 2 aromatic heterocycles. The van der Waals surface area contributed by atoms with Crippen LogP contribution in [0.4, 0.5) is 17.1 Å². The summed E-state index contributed by atoms with van der Waals surface area (Å²) < 4.78 is 5.23. The number of rotatable bonds is 5. The maximum Gasteiger partial charge on any atom is 0.0555 e. The van der Waals surface area contributed by atoms with E-state index in [-0.39, 0.29) is 0 Å². The third-order valence-electron chi connectivity index (χ3n) is 8.66. The molecule has 0 aliphatic rings. The average molecular weight is 610 g/mol. The molecule has 2 heterocycles.